The molecule has 16 heavy (non-hydrogen) atoms. The van der Waals surface area contributed by atoms with Crippen molar-refractivity contribution in [2.45, 2.75) is 6.18 Å². The summed E-state index contributed by atoms with van der Waals surface area (Å²) in [4.78, 5) is 0. The minimum atomic E-state index is -4.53. The quantitative estimate of drug-likeness (QED) is 0.716. The number of fused-ring (bicyclic) bond motifs is 1. The van der Waals surface area contributed by atoms with Crippen LogP contribution in [0.4, 0.5) is 13.2 Å². The van der Waals surface area contributed by atoms with E-state index < -0.39 is 11.9 Å². The van der Waals surface area contributed by atoms with Crippen LogP contribution >= 0.6 is 11.6 Å². The number of alkyl halides is 3. The SMILES string of the molecule is N#Cc1cnn2c(C(F)(F)F)cc(Cl)c2c1. The summed E-state index contributed by atoms with van der Waals surface area (Å²) in [6.45, 7) is 0. The number of rotatable bonds is 0. The zero-order valence-corrected chi connectivity index (χ0v) is 8.34. The molecule has 0 aromatic carbocycles. The molecule has 2 rings (SSSR count). The number of halogens is 4. The molecular weight excluding hydrogens is 243 g/mol. The summed E-state index contributed by atoms with van der Waals surface area (Å²) in [5.74, 6) is 0. The van der Waals surface area contributed by atoms with Crippen molar-refractivity contribution in [2.24, 2.45) is 0 Å². The molecule has 0 aliphatic heterocycles. The minimum absolute atomic E-state index is 0.0630. The maximum absolute atomic E-state index is 12.5. The summed E-state index contributed by atoms with van der Waals surface area (Å²) >= 11 is 5.64. The molecule has 7 heteroatoms. The van der Waals surface area contributed by atoms with E-state index in [-0.39, 0.29) is 16.1 Å². The van der Waals surface area contributed by atoms with E-state index in [1.54, 1.807) is 6.07 Å². The highest BCUT2D eigenvalue weighted by molar-refractivity contribution is 6.34. The molecule has 2 aromatic rings. The molecule has 0 aliphatic rings. The van der Waals surface area contributed by atoms with Crippen LogP contribution in [0.5, 0.6) is 0 Å². The highest BCUT2D eigenvalue weighted by Gasteiger charge is 2.35. The molecule has 0 unspecified atom stereocenters. The van der Waals surface area contributed by atoms with E-state index in [1.165, 1.54) is 6.07 Å². The lowest BCUT2D eigenvalue weighted by molar-refractivity contribution is -0.142. The van der Waals surface area contributed by atoms with E-state index in [1.807, 2.05) is 0 Å². The average molecular weight is 246 g/mol. The number of hydrogen-bond acceptors (Lipinski definition) is 2. The van der Waals surface area contributed by atoms with Crippen LogP contribution in [0.2, 0.25) is 5.02 Å². The lowest BCUT2D eigenvalue weighted by atomic mass is 10.3. The maximum atomic E-state index is 12.5. The van der Waals surface area contributed by atoms with Gasteiger partial charge in [0.15, 0.2) is 0 Å². The van der Waals surface area contributed by atoms with Gasteiger partial charge in [0.2, 0.25) is 0 Å². The summed E-state index contributed by atoms with van der Waals surface area (Å²) in [7, 11) is 0. The Labute approximate surface area is 92.7 Å². The molecule has 0 aliphatic carbocycles. The third-order valence-corrected chi connectivity index (χ3v) is 2.29. The van der Waals surface area contributed by atoms with Crippen LogP contribution in [0.1, 0.15) is 11.3 Å². The molecule has 0 atom stereocenters. The van der Waals surface area contributed by atoms with Gasteiger partial charge in [-0.25, -0.2) is 4.52 Å². The zero-order chi connectivity index (χ0) is 11.9. The monoisotopic (exact) mass is 245 g/mol. The van der Waals surface area contributed by atoms with Gasteiger partial charge in [-0.2, -0.15) is 23.5 Å². The third kappa shape index (κ3) is 1.59. The fourth-order valence-corrected chi connectivity index (χ4v) is 1.55. The predicted octanol–water partition coefficient (Wildman–Crippen LogP) is 2.88. The fraction of sp³-hybridized carbons (Fsp3) is 0.111. The van der Waals surface area contributed by atoms with E-state index in [0.29, 0.717) is 4.52 Å². The first-order valence-electron chi connectivity index (χ1n) is 4.08. The van der Waals surface area contributed by atoms with Crippen molar-refractivity contribution < 1.29 is 13.2 Å². The zero-order valence-electron chi connectivity index (χ0n) is 7.59. The van der Waals surface area contributed by atoms with Crippen LogP contribution in [0, 0.1) is 11.3 Å². The molecule has 0 bridgehead atoms. The van der Waals surface area contributed by atoms with Gasteiger partial charge in [-0.1, -0.05) is 11.6 Å². The lowest BCUT2D eigenvalue weighted by Gasteiger charge is -2.05. The Morgan fingerprint density at radius 2 is 2.06 bits per heavy atom. The van der Waals surface area contributed by atoms with Crippen molar-refractivity contribution in [1.29, 1.82) is 5.26 Å². The lowest BCUT2D eigenvalue weighted by Crippen LogP contribution is -2.10. The number of nitrogens with zero attached hydrogens (tertiary/aromatic N) is 3. The van der Waals surface area contributed by atoms with Crippen molar-refractivity contribution in [3.8, 4) is 6.07 Å². The molecule has 82 valence electrons. The highest BCUT2D eigenvalue weighted by Crippen LogP contribution is 2.34. The van der Waals surface area contributed by atoms with E-state index in [9.17, 15) is 13.2 Å². The van der Waals surface area contributed by atoms with Crippen LogP contribution in [0.15, 0.2) is 18.3 Å². The van der Waals surface area contributed by atoms with Gasteiger partial charge in [-0.3, -0.25) is 0 Å². The highest BCUT2D eigenvalue weighted by atomic mass is 35.5. The van der Waals surface area contributed by atoms with Gasteiger partial charge in [-0.05, 0) is 12.1 Å². The van der Waals surface area contributed by atoms with E-state index in [0.717, 1.165) is 12.3 Å². The Morgan fingerprint density at radius 1 is 1.38 bits per heavy atom. The standard InChI is InChI=1S/C9H3ClF3N3/c10-6-2-8(9(11,12)13)16-7(6)1-5(3-14)4-15-16/h1-2,4H. The van der Waals surface area contributed by atoms with Crippen LogP contribution in [-0.2, 0) is 6.18 Å². The Bertz CT molecular complexity index is 594. The second-order valence-corrected chi connectivity index (χ2v) is 3.44. The normalized spacial score (nSPS) is 11.7. The maximum Gasteiger partial charge on any atom is 0.433 e. The molecule has 3 nitrogen and oxygen atoms in total. The van der Waals surface area contributed by atoms with Gasteiger partial charge < -0.3 is 0 Å². The van der Waals surface area contributed by atoms with E-state index >= 15 is 0 Å². The first-order chi connectivity index (χ1) is 7.43. The summed E-state index contributed by atoms with van der Waals surface area (Å²) < 4.78 is 38.3. The average Bonchev–Trinajstić information content (AvgIpc) is 2.55. The van der Waals surface area contributed by atoms with E-state index in [2.05, 4.69) is 5.10 Å². The van der Waals surface area contributed by atoms with Crippen molar-refractivity contribution >= 4 is 17.1 Å². The number of aromatic nitrogens is 2. The molecule has 0 radical (unpaired) electrons. The largest absolute Gasteiger partial charge is 0.433 e. The smallest absolute Gasteiger partial charge is 0.227 e. The van der Waals surface area contributed by atoms with Crippen molar-refractivity contribution in [1.82, 2.24) is 9.61 Å². The van der Waals surface area contributed by atoms with Gasteiger partial charge in [0.05, 0.1) is 22.3 Å². The predicted molar refractivity (Wildman–Crippen MR) is 49.9 cm³/mol. The molecular formula is C9H3ClF3N3. The third-order valence-electron chi connectivity index (χ3n) is 1.99. The van der Waals surface area contributed by atoms with Crippen LogP contribution in [0.25, 0.3) is 5.52 Å². The summed E-state index contributed by atoms with van der Waals surface area (Å²) in [5, 5.41) is 12.0. The second kappa shape index (κ2) is 3.39. The summed E-state index contributed by atoms with van der Waals surface area (Å²) in [6.07, 6.45) is -3.48. The molecule has 0 saturated carbocycles. The van der Waals surface area contributed by atoms with Gasteiger partial charge in [-0.15, -0.1) is 0 Å². The Balaban J connectivity index is 2.78. The molecule has 0 spiro atoms. The molecule has 0 saturated heterocycles. The molecule has 0 amide bonds. The van der Waals surface area contributed by atoms with Crippen LogP contribution < -0.4 is 0 Å². The second-order valence-electron chi connectivity index (χ2n) is 3.03. The van der Waals surface area contributed by atoms with Gasteiger partial charge >= 0.3 is 6.18 Å². The Hall–Kier alpha value is -1.74. The van der Waals surface area contributed by atoms with Crippen LogP contribution in [-0.4, -0.2) is 9.61 Å². The fourth-order valence-electron chi connectivity index (χ4n) is 1.31. The van der Waals surface area contributed by atoms with E-state index in [4.69, 9.17) is 16.9 Å². The minimum Gasteiger partial charge on any atom is -0.227 e. The summed E-state index contributed by atoms with van der Waals surface area (Å²) in [6, 6.07) is 3.82. The summed E-state index contributed by atoms with van der Waals surface area (Å²) in [5.41, 5.74) is -0.744. The van der Waals surface area contributed by atoms with Gasteiger partial charge in [0.25, 0.3) is 0 Å². The molecule has 0 N–H and O–H groups in total. The van der Waals surface area contributed by atoms with Crippen LogP contribution in [0.3, 0.4) is 0 Å². The molecule has 0 fully saturated rings. The number of nitriles is 1. The Morgan fingerprint density at radius 3 is 2.62 bits per heavy atom. The van der Waals surface area contributed by atoms with Gasteiger partial charge in [0, 0.05) is 0 Å². The van der Waals surface area contributed by atoms with Crippen molar-refractivity contribution in [2.75, 3.05) is 0 Å². The molecule has 2 heterocycles. The number of hydrogen-bond donors (Lipinski definition) is 0. The Kier molecular flexibility index (Phi) is 2.28. The first kappa shape index (κ1) is 10.8. The van der Waals surface area contributed by atoms with Crippen molar-refractivity contribution in [3.63, 3.8) is 0 Å². The molecule has 2 aromatic heterocycles. The van der Waals surface area contributed by atoms with Gasteiger partial charge in [0.1, 0.15) is 11.8 Å². The first-order valence-corrected chi connectivity index (χ1v) is 4.46. The van der Waals surface area contributed by atoms with Crippen molar-refractivity contribution in [3.05, 3.63) is 34.6 Å². The topological polar surface area (TPSA) is 41.1 Å².